The lowest BCUT2D eigenvalue weighted by Crippen LogP contribution is -2.43. The first-order valence-electron chi connectivity index (χ1n) is 10.0. The summed E-state index contributed by atoms with van der Waals surface area (Å²) in [5.41, 5.74) is 0.690. The van der Waals surface area contributed by atoms with Crippen molar-refractivity contribution in [3.05, 3.63) is 66.5 Å². The van der Waals surface area contributed by atoms with Crippen molar-refractivity contribution < 1.29 is 22.3 Å². The zero-order chi connectivity index (χ0) is 22.0. The highest BCUT2D eigenvalue weighted by molar-refractivity contribution is 7.89. The minimum Gasteiger partial charge on any atom is -0.495 e. The van der Waals surface area contributed by atoms with E-state index in [4.69, 9.17) is 4.74 Å². The number of hydrogen-bond donors (Lipinski definition) is 1. The first-order chi connectivity index (χ1) is 14.9. The van der Waals surface area contributed by atoms with Crippen LogP contribution in [0.2, 0.25) is 0 Å². The number of halogens is 1. The molecule has 31 heavy (non-hydrogen) atoms. The number of rotatable bonds is 5. The Morgan fingerprint density at radius 3 is 2.71 bits per heavy atom. The van der Waals surface area contributed by atoms with Gasteiger partial charge in [0, 0.05) is 24.2 Å². The minimum absolute atomic E-state index is 0.0264. The number of carbonyl (C=O) groups excluding carboxylic acids is 1. The summed E-state index contributed by atoms with van der Waals surface area (Å²) >= 11 is 0. The minimum atomic E-state index is -4.01. The van der Waals surface area contributed by atoms with Gasteiger partial charge in [-0.15, -0.1) is 0 Å². The molecular formula is C23H23FN2O4S. The number of amides is 1. The number of methoxy groups -OCH3 is 1. The number of carbonyl (C=O) groups is 1. The van der Waals surface area contributed by atoms with Crippen LogP contribution in [0.25, 0.3) is 10.8 Å². The first-order valence-corrected chi connectivity index (χ1v) is 11.5. The summed E-state index contributed by atoms with van der Waals surface area (Å²) < 4.78 is 46.4. The lowest BCUT2D eigenvalue weighted by Gasteiger charge is -2.31. The van der Waals surface area contributed by atoms with Gasteiger partial charge in [-0.3, -0.25) is 4.79 Å². The third-order valence-electron chi connectivity index (χ3n) is 5.55. The monoisotopic (exact) mass is 442 g/mol. The number of ether oxygens (including phenoxy) is 1. The fourth-order valence-corrected chi connectivity index (χ4v) is 5.63. The third kappa shape index (κ3) is 4.26. The van der Waals surface area contributed by atoms with E-state index in [1.807, 2.05) is 42.5 Å². The molecule has 3 aromatic carbocycles. The number of piperidine rings is 1. The van der Waals surface area contributed by atoms with Gasteiger partial charge in [-0.05, 0) is 42.5 Å². The van der Waals surface area contributed by atoms with Crippen LogP contribution in [-0.2, 0) is 14.8 Å². The van der Waals surface area contributed by atoms with Crippen molar-refractivity contribution in [2.75, 3.05) is 25.5 Å². The van der Waals surface area contributed by atoms with E-state index in [1.165, 1.54) is 17.5 Å². The van der Waals surface area contributed by atoms with E-state index >= 15 is 0 Å². The number of benzene rings is 3. The van der Waals surface area contributed by atoms with Crippen LogP contribution in [0.5, 0.6) is 5.75 Å². The highest BCUT2D eigenvalue weighted by atomic mass is 32.2. The topological polar surface area (TPSA) is 75.7 Å². The highest BCUT2D eigenvalue weighted by Crippen LogP contribution is 2.31. The quantitative estimate of drug-likeness (QED) is 0.647. The van der Waals surface area contributed by atoms with E-state index in [1.54, 1.807) is 0 Å². The number of nitrogens with one attached hydrogen (secondary N) is 1. The van der Waals surface area contributed by atoms with Crippen LogP contribution in [0.15, 0.2) is 65.6 Å². The molecule has 0 aliphatic carbocycles. The Morgan fingerprint density at radius 1 is 1.13 bits per heavy atom. The van der Waals surface area contributed by atoms with Crippen LogP contribution < -0.4 is 10.1 Å². The Morgan fingerprint density at radius 2 is 1.90 bits per heavy atom. The second-order valence-electron chi connectivity index (χ2n) is 7.51. The van der Waals surface area contributed by atoms with Crippen LogP contribution >= 0.6 is 0 Å². The molecule has 3 aromatic rings. The molecule has 162 valence electrons. The fraction of sp³-hybridized carbons (Fsp3) is 0.261. The molecule has 6 nitrogen and oxygen atoms in total. The number of anilines is 1. The van der Waals surface area contributed by atoms with Crippen molar-refractivity contribution in [1.29, 1.82) is 0 Å². The molecule has 0 bridgehead atoms. The van der Waals surface area contributed by atoms with Gasteiger partial charge >= 0.3 is 0 Å². The Hall–Kier alpha value is -2.97. The second-order valence-corrected chi connectivity index (χ2v) is 9.42. The van der Waals surface area contributed by atoms with E-state index in [-0.39, 0.29) is 29.6 Å². The van der Waals surface area contributed by atoms with Gasteiger partial charge in [-0.2, -0.15) is 4.31 Å². The van der Waals surface area contributed by atoms with E-state index < -0.39 is 21.8 Å². The molecular weight excluding hydrogens is 419 g/mol. The van der Waals surface area contributed by atoms with Crippen LogP contribution in [0, 0.1) is 11.7 Å². The van der Waals surface area contributed by atoms with Crippen molar-refractivity contribution in [3.63, 3.8) is 0 Å². The number of hydrogen-bond acceptors (Lipinski definition) is 4. The van der Waals surface area contributed by atoms with E-state index in [0.717, 1.165) is 22.9 Å². The zero-order valence-corrected chi connectivity index (χ0v) is 17.9. The van der Waals surface area contributed by atoms with E-state index in [9.17, 15) is 17.6 Å². The van der Waals surface area contributed by atoms with Crippen LogP contribution in [-0.4, -0.2) is 38.8 Å². The lowest BCUT2D eigenvalue weighted by molar-refractivity contribution is -0.120. The molecule has 1 aliphatic rings. The van der Waals surface area contributed by atoms with Gasteiger partial charge in [-0.25, -0.2) is 12.8 Å². The summed E-state index contributed by atoms with van der Waals surface area (Å²) in [6, 6.07) is 16.8. The molecule has 1 aliphatic heterocycles. The Bertz CT molecular complexity index is 1220. The van der Waals surface area contributed by atoms with Crippen molar-refractivity contribution in [2.24, 2.45) is 5.92 Å². The van der Waals surface area contributed by atoms with Gasteiger partial charge in [0.25, 0.3) is 0 Å². The maximum atomic E-state index is 13.8. The number of fused-ring (bicyclic) bond motifs is 1. The van der Waals surface area contributed by atoms with Crippen LogP contribution in [0.1, 0.15) is 12.8 Å². The van der Waals surface area contributed by atoms with Crippen molar-refractivity contribution in [1.82, 2.24) is 4.31 Å². The Kier molecular flexibility index (Phi) is 5.93. The lowest BCUT2D eigenvalue weighted by atomic mass is 9.98. The molecule has 1 atom stereocenters. The van der Waals surface area contributed by atoms with E-state index in [0.29, 0.717) is 18.5 Å². The maximum Gasteiger partial charge on any atom is 0.246 e. The van der Waals surface area contributed by atoms with E-state index in [2.05, 4.69) is 5.32 Å². The van der Waals surface area contributed by atoms with Gasteiger partial charge in [0.2, 0.25) is 15.9 Å². The first kappa shape index (κ1) is 21.3. The molecule has 1 saturated heterocycles. The molecule has 1 heterocycles. The summed E-state index contributed by atoms with van der Waals surface area (Å²) in [4.78, 5) is 12.7. The predicted octanol–water partition coefficient (Wildman–Crippen LogP) is 4.03. The molecule has 8 heteroatoms. The van der Waals surface area contributed by atoms with Crippen molar-refractivity contribution >= 4 is 32.4 Å². The van der Waals surface area contributed by atoms with Crippen molar-refractivity contribution in [3.8, 4) is 5.75 Å². The summed E-state index contributed by atoms with van der Waals surface area (Å²) in [6.07, 6.45) is 1.10. The molecule has 0 aromatic heterocycles. The normalized spacial score (nSPS) is 17.4. The molecule has 1 N–H and O–H groups in total. The molecule has 1 amide bonds. The summed E-state index contributed by atoms with van der Waals surface area (Å²) in [6.45, 7) is 0.290. The molecule has 0 saturated carbocycles. The zero-order valence-electron chi connectivity index (χ0n) is 17.0. The fourth-order valence-electron chi connectivity index (χ4n) is 3.94. The SMILES string of the molecule is COc1ccc(F)cc1S(=O)(=O)N1CCC[C@@H](C(=O)Nc2cccc3ccccc23)C1. The predicted molar refractivity (Wildman–Crippen MR) is 117 cm³/mol. The van der Waals surface area contributed by atoms with Crippen LogP contribution in [0.4, 0.5) is 10.1 Å². The average molecular weight is 443 g/mol. The van der Waals surface area contributed by atoms with Gasteiger partial charge in [0.1, 0.15) is 16.5 Å². The number of sulfonamides is 1. The molecule has 0 unspecified atom stereocenters. The average Bonchev–Trinajstić information content (AvgIpc) is 2.79. The molecule has 4 rings (SSSR count). The van der Waals surface area contributed by atoms with Gasteiger partial charge in [0.05, 0.1) is 13.0 Å². The second kappa shape index (κ2) is 8.64. The largest absolute Gasteiger partial charge is 0.495 e. The molecule has 1 fully saturated rings. The summed E-state index contributed by atoms with van der Waals surface area (Å²) in [5, 5.41) is 4.88. The van der Waals surface area contributed by atoms with Crippen molar-refractivity contribution in [2.45, 2.75) is 17.7 Å². The summed E-state index contributed by atoms with van der Waals surface area (Å²) in [5.74, 6) is -1.34. The maximum absolute atomic E-state index is 13.8. The van der Waals surface area contributed by atoms with Crippen LogP contribution in [0.3, 0.4) is 0 Å². The standard InChI is InChI=1S/C23H23FN2O4S/c1-30-21-12-11-18(24)14-22(21)31(28,29)26-13-5-8-17(15-26)23(27)25-20-10-4-7-16-6-2-3-9-19(16)20/h2-4,6-7,9-12,14,17H,5,8,13,15H2,1H3,(H,25,27)/t17-/m1/s1. The number of nitrogens with zero attached hydrogens (tertiary/aromatic N) is 1. The Labute approximate surface area is 180 Å². The highest BCUT2D eigenvalue weighted by Gasteiger charge is 2.35. The summed E-state index contributed by atoms with van der Waals surface area (Å²) in [7, 11) is -2.68. The van der Waals surface area contributed by atoms with Gasteiger partial charge in [-0.1, -0.05) is 36.4 Å². The smallest absolute Gasteiger partial charge is 0.246 e. The third-order valence-corrected chi connectivity index (χ3v) is 7.43. The van der Waals surface area contributed by atoms with Gasteiger partial charge in [0.15, 0.2) is 0 Å². The van der Waals surface area contributed by atoms with Gasteiger partial charge < -0.3 is 10.1 Å². The Balaban J connectivity index is 1.56. The molecule has 0 spiro atoms. The molecule has 0 radical (unpaired) electrons.